The number of nitrogens with two attached hydrogens (primary N) is 1. The summed E-state index contributed by atoms with van der Waals surface area (Å²) in [6.45, 7) is 6.43. The molecule has 0 heterocycles. The molecule has 0 aromatic heterocycles. The predicted molar refractivity (Wildman–Crippen MR) is 65.8 cm³/mol. The Morgan fingerprint density at radius 1 is 1.38 bits per heavy atom. The lowest BCUT2D eigenvalue weighted by atomic mass is 10.00. The molecule has 3 N–H and O–H groups in total. The summed E-state index contributed by atoms with van der Waals surface area (Å²) in [6.07, 6.45) is 0. The summed E-state index contributed by atoms with van der Waals surface area (Å²) in [5, 5.41) is 0. The number of nitrogen functional groups attached to an aromatic ring is 1. The van der Waals surface area contributed by atoms with Crippen LogP contribution >= 0.6 is 22.6 Å². The Morgan fingerprint density at radius 3 is 2.46 bits per heavy atom. The predicted octanol–water partition coefficient (Wildman–Crippen LogP) is 3.01. The van der Waals surface area contributed by atoms with Crippen molar-refractivity contribution >= 4 is 28.3 Å². The van der Waals surface area contributed by atoms with Gasteiger partial charge < -0.3 is 5.43 Å². The number of rotatable bonds is 2. The SMILES string of the molecule is Cc1cc(NN)c(C(C)C)cc1I. The van der Waals surface area contributed by atoms with Crippen LogP contribution < -0.4 is 11.3 Å². The standard InChI is InChI=1S/C10H15IN2/c1-6(2)8-5-9(11)7(3)4-10(8)13-12/h4-6,13H,12H2,1-3H3. The van der Waals surface area contributed by atoms with Gasteiger partial charge in [0.1, 0.15) is 0 Å². The van der Waals surface area contributed by atoms with E-state index in [0.29, 0.717) is 5.92 Å². The maximum absolute atomic E-state index is 5.45. The molecule has 3 heteroatoms. The number of hydrazine groups is 1. The third kappa shape index (κ3) is 2.34. The quantitative estimate of drug-likeness (QED) is 0.499. The van der Waals surface area contributed by atoms with Crippen molar-refractivity contribution in [2.24, 2.45) is 5.84 Å². The van der Waals surface area contributed by atoms with Crippen LogP contribution in [0.2, 0.25) is 0 Å². The van der Waals surface area contributed by atoms with E-state index in [-0.39, 0.29) is 0 Å². The molecule has 0 aliphatic carbocycles. The number of aryl methyl sites for hydroxylation is 1. The van der Waals surface area contributed by atoms with E-state index in [1.807, 2.05) is 0 Å². The molecule has 0 unspecified atom stereocenters. The summed E-state index contributed by atoms with van der Waals surface area (Å²) >= 11 is 2.35. The molecule has 0 fully saturated rings. The molecule has 0 saturated heterocycles. The highest BCUT2D eigenvalue weighted by molar-refractivity contribution is 14.1. The number of benzene rings is 1. The van der Waals surface area contributed by atoms with Crippen LogP contribution in [0.3, 0.4) is 0 Å². The second kappa shape index (κ2) is 4.28. The van der Waals surface area contributed by atoms with E-state index < -0.39 is 0 Å². The van der Waals surface area contributed by atoms with Crippen LogP contribution in [0.1, 0.15) is 30.9 Å². The normalized spacial score (nSPS) is 10.6. The second-order valence-electron chi connectivity index (χ2n) is 3.49. The van der Waals surface area contributed by atoms with Gasteiger partial charge in [0.2, 0.25) is 0 Å². The molecule has 0 atom stereocenters. The number of nitrogens with one attached hydrogen (secondary N) is 1. The van der Waals surface area contributed by atoms with Crippen LogP contribution in [0.5, 0.6) is 0 Å². The van der Waals surface area contributed by atoms with E-state index in [4.69, 9.17) is 5.84 Å². The van der Waals surface area contributed by atoms with E-state index in [9.17, 15) is 0 Å². The first-order valence-electron chi connectivity index (χ1n) is 4.33. The highest BCUT2D eigenvalue weighted by Gasteiger charge is 2.07. The Hall–Kier alpha value is -0.290. The fourth-order valence-electron chi connectivity index (χ4n) is 1.30. The fraction of sp³-hybridized carbons (Fsp3) is 0.400. The molecule has 0 saturated carbocycles. The summed E-state index contributed by atoms with van der Waals surface area (Å²) in [6, 6.07) is 4.28. The van der Waals surface area contributed by atoms with E-state index >= 15 is 0 Å². The van der Waals surface area contributed by atoms with Crippen LogP contribution in [0.25, 0.3) is 0 Å². The Morgan fingerprint density at radius 2 is 2.00 bits per heavy atom. The van der Waals surface area contributed by atoms with Crippen molar-refractivity contribution in [1.82, 2.24) is 0 Å². The third-order valence-electron chi connectivity index (χ3n) is 2.11. The Bertz CT molecular complexity index is 308. The van der Waals surface area contributed by atoms with Crippen molar-refractivity contribution in [1.29, 1.82) is 0 Å². The van der Waals surface area contributed by atoms with Gasteiger partial charge in [-0.25, -0.2) is 0 Å². The van der Waals surface area contributed by atoms with Gasteiger partial charge in [0, 0.05) is 3.57 Å². The van der Waals surface area contributed by atoms with E-state index in [0.717, 1.165) is 5.69 Å². The number of hydrogen-bond acceptors (Lipinski definition) is 2. The highest BCUT2D eigenvalue weighted by Crippen LogP contribution is 2.27. The molecule has 0 amide bonds. The van der Waals surface area contributed by atoms with Crippen molar-refractivity contribution in [2.45, 2.75) is 26.7 Å². The van der Waals surface area contributed by atoms with Gasteiger partial charge in [-0.3, -0.25) is 5.84 Å². The number of anilines is 1. The van der Waals surface area contributed by atoms with E-state index in [1.165, 1.54) is 14.7 Å². The highest BCUT2D eigenvalue weighted by atomic mass is 127. The van der Waals surface area contributed by atoms with Crippen LogP contribution in [0.15, 0.2) is 12.1 Å². The van der Waals surface area contributed by atoms with Crippen LogP contribution in [0, 0.1) is 10.5 Å². The molecule has 0 aliphatic heterocycles. The van der Waals surface area contributed by atoms with Gasteiger partial charge >= 0.3 is 0 Å². The van der Waals surface area contributed by atoms with Gasteiger partial charge in [-0.1, -0.05) is 13.8 Å². The number of halogens is 1. The van der Waals surface area contributed by atoms with Crippen molar-refractivity contribution < 1.29 is 0 Å². The molecule has 1 aromatic carbocycles. The Kier molecular flexibility index (Phi) is 3.55. The van der Waals surface area contributed by atoms with Gasteiger partial charge in [0.25, 0.3) is 0 Å². The topological polar surface area (TPSA) is 38.0 Å². The van der Waals surface area contributed by atoms with Gasteiger partial charge in [0.15, 0.2) is 0 Å². The molecular weight excluding hydrogens is 275 g/mol. The zero-order valence-electron chi connectivity index (χ0n) is 8.19. The first-order chi connectivity index (χ1) is 6.06. The summed E-state index contributed by atoms with van der Waals surface area (Å²) in [4.78, 5) is 0. The first kappa shape index (κ1) is 10.8. The third-order valence-corrected chi connectivity index (χ3v) is 3.27. The monoisotopic (exact) mass is 290 g/mol. The van der Waals surface area contributed by atoms with Crippen LogP contribution in [-0.4, -0.2) is 0 Å². The maximum atomic E-state index is 5.45. The summed E-state index contributed by atoms with van der Waals surface area (Å²) < 4.78 is 1.29. The second-order valence-corrected chi connectivity index (χ2v) is 4.65. The van der Waals surface area contributed by atoms with Crippen molar-refractivity contribution in [3.8, 4) is 0 Å². The Balaban J connectivity index is 3.25. The fourth-order valence-corrected chi connectivity index (χ4v) is 1.79. The average Bonchev–Trinajstić information content (AvgIpc) is 2.08. The first-order valence-corrected chi connectivity index (χ1v) is 5.40. The zero-order valence-corrected chi connectivity index (χ0v) is 10.3. The lowest BCUT2D eigenvalue weighted by Gasteiger charge is -2.14. The van der Waals surface area contributed by atoms with Crippen molar-refractivity contribution in [2.75, 3.05) is 5.43 Å². The molecule has 1 aromatic rings. The van der Waals surface area contributed by atoms with Crippen LogP contribution in [0.4, 0.5) is 5.69 Å². The Labute approximate surface area is 93.0 Å². The minimum atomic E-state index is 0.500. The summed E-state index contributed by atoms with van der Waals surface area (Å²) in [7, 11) is 0. The van der Waals surface area contributed by atoms with E-state index in [2.05, 4.69) is 60.9 Å². The van der Waals surface area contributed by atoms with Crippen LogP contribution in [-0.2, 0) is 0 Å². The average molecular weight is 290 g/mol. The largest absolute Gasteiger partial charge is 0.324 e. The lowest BCUT2D eigenvalue weighted by Crippen LogP contribution is -2.10. The molecule has 13 heavy (non-hydrogen) atoms. The van der Waals surface area contributed by atoms with Gasteiger partial charge in [-0.15, -0.1) is 0 Å². The van der Waals surface area contributed by atoms with Crippen molar-refractivity contribution in [3.05, 3.63) is 26.8 Å². The molecule has 72 valence electrons. The smallest absolute Gasteiger partial charge is 0.0523 e. The minimum absolute atomic E-state index is 0.500. The summed E-state index contributed by atoms with van der Waals surface area (Å²) in [5.74, 6) is 5.96. The molecule has 0 bridgehead atoms. The number of hydrogen-bond donors (Lipinski definition) is 2. The molecule has 0 radical (unpaired) electrons. The zero-order chi connectivity index (χ0) is 10.0. The molecule has 1 rings (SSSR count). The van der Waals surface area contributed by atoms with Gasteiger partial charge in [-0.2, -0.15) is 0 Å². The van der Waals surface area contributed by atoms with Crippen molar-refractivity contribution in [3.63, 3.8) is 0 Å². The van der Waals surface area contributed by atoms with E-state index in [1.54, 1.807) is 0 Å². The lowest BCUT2D eigenvalue weighted by molar-refractivity contribution is 0.865. The van der Waals surface area contributed by atoms with Gasteiger partial charge in [-0.05, 0) is 58.7 Å². The molecule has 0 aliphatic rings. The molecular formula is C10H15IN2. The van der Waals surface area contributed by atoms with Gasteiger partial charge in [0.05, 0.1) is 5.69 Å². The molecule has 2 nitrogen and oxygen atoms in total. The molecule has 0 spiro atoms. The minimum Gasteiger partial charge on any atom is -0.324 e. The summed E-state index contributed by atoms with van der Waals surface area (Å²) in [5.41, 5.74) is 6.31. The maximum Gasteiger partial charge on any atom is 0.0523 e.